The van der Waals surface area contributed by atoms with Gasteiger partial charge in [-0.1, -0.05) is 20.8 Å². The fourth-order valence-corrected chi connectivity index (χ4v) is 5.12. The molecule has 0 aromatic rings. The molecule has 1 heterocycles. The van der Waals surface area contributed by atoms with Crippen molar-refractivity contribution in [1.82, 2.24) is 0 Å². The van der Waals surface area contributed by atoms with Crippen molar-refractivity contribution in [2.75, 3.05) is 33.3 Å². The predicted molar refractivity (Wildman–Crippen MR) is 79.0 cm³/mol. The van der Waals surface area contributed by atoms with Crippen LogP contribution in [0, 0.1) is 16.7 Å². The molecule has 110 valence electrons. The summed E-state index contributed by atoms with van der Waals surface area (Å²) in [5, 5.41) is 0. The average Bonchev–Trinajstić information content (AvgIpc) is 2.91. The molecule has 0 unspecified atom stereocenters. The number of likely N-dealkylation sites (N-methyl/N-ethyl adjacent to an activating group) is 1. The molecule has 2 nitrogen and oxygen atoms in total. The van der Waals surface area contributed by atoms with Gasteiger partial charge >= 0.3 is 0 Å². The third-order valence-electron chi connectivity index (χ3n) is 7.31. The van der Waals surface area contributed by atoms with Crippen molar-refractivity contribution in [3.63, 3.8) is 0 Å². The highest BCUT2D eigenvalue weighted by atomic mass is 16.5. The molecule has 3 fully saturated rings. The molecule has 0 amide bonds. The molecular formula is C17H32NO+. The molecule has 3 atom stereocenters. The summed E-state index contributed by atoms with van der Waals surface area (Å²) in [6.45, 7) is 12.3. The molecule has 2 aliphatic carbocycles. The van der Waals surface area contributed by atoms with Crippen LogP contribution in [0.5, 0.6) is 0 Å². The fraction of sp³-hybridized carbons (Fsp3) is 1.00. The van der Waals surface area contributed by atoms with E-state index in [1.54, 1.807) is 0 Å². The third kappa shape index (κ3) is 2.06. The van der Waals surface area contributed by atoms with Crippen molar-refractivity contribution in [1.29, 1.82) is 0 Å². The van der Waals surface area contributed by atoms with E-state index in [0.717, 1.165) is 12.5 Å². The lowest BCUT2D eigenvalue weighted by atomic mass is 9.70. The van der Waals surface area contributed by atoms with Gasteiger partial charge in [0.05, 0.1) is 32.8 Å². The lowest BCUT2D eigenvalue weighted by molar-refractivity contribution is -0.898. The first-order chi connectivity index (χ1) is 8.87. The van der Waals surface area contributed by atoms with Crippen LogP contribution in [0.4, 0.5) is 0 Å². The number of quaternary nitrogens is 1. The van der Waals surface area contributed by atoms with E-state index < -0.39 is 0 Å². The van der Waals surface area contributed by atoms with Gasteiger partial charge in [0.2, 0.25) is 0 Å². The highest BCUT2D eigenvalue weighted by molar-refractivity contribution is 5.11. The van der Waals surface area contributed by atoms with Crippen LogP contribution in [0.15, 0.2) is 0 Å². The second-order valence-electron chi connectivity index (χ2n) is 8.47. The first-order valence-electron chi connectivity index (χ1n) is 8.33. The van der Waals surface area contributed by atoms with E-state index in [4.69, 9.17) is 4.74 Å². The van der Waals surface area contributed by atoms with E-state index in [1.165, 1.54) is 56.2 Å². The average molecular weight is 266 g/mol. The number of nitrogens with zero attached hydrogens (tertiary/aromatic N) is 1. The molecule has 0 N–H and O–H groups in total. The maximum Gasteiger partial charge on any atom is 0.102 e. The van der Waals surface area contributed by atoms with Crippen molar-refractivity contribution in [2.45, 2.75) is 59.0 Å². The molecule has 0 aromatic heterocycles. The van der Waals surface area contributed by atoms with Gasteiger partial charge in [-0.25, -0.2) is 0 Å². The van der Waals surface area contributed by atoms with E-state index in [-0.39, 0.29) is 0 Å². The van der Waals surface area contributed by atoms with E-state index in [1.807, 2.05) is 0 Å². The topological polar surface area (TPSA) is 9.23 Å². The summed E-state index contributed by atoms with van der Waals surface area (Å²) in [6, 6.07) is 0. The predicted octanol–water partition coefficient (Wildman–Crippen LogP) is 3.46. The standard InChI is InChI=1S/C17H32NO/c1-16(2)14-7-8-17(16,3)15(13-14)19-12-11-18(4)9-5-6-10-18/h14-15H,5-13H2,1-4H3/q+1/t14-,15-,17-/m0/s1. The number of fused-ring (bicyclic) bond motifs is 2. The van der Waals surface area contributed by atoms with E-state index in [0.29, 0.717) is 16.9 Å². The summed E-state index contributed by atoms with van der Waals surface area (Å²) in [4.78, 5) is 0. The first-order valence-corrected chi connectivity index (χ1v) is 8.33. The Bertz CT molecular complexity index is 345. The highest BCUT2D eigenvalue weighted by Gasteiger charge is 2.61. The van der Waals surface area contributed by atoms with Gasteiger partial charge in [-0.15, -0.1) is 0 Å². The van der Waals surface area contributed by atoms with Gasteiger partial charge in [0.15, 0.2) is 0 Å². The first kappa shape index (κ1) is 13.9. The van der Waals surface area contributed by atoms with Crippen LogP contribution in [-0.2, 0) is 4.74 Å². The number of hydrogen-bond donors (Lipinski definition) is 0. The normalized spacial score (nSPS) is 42.9. The molecular weight excluding hydrogens is 234 g/mol. The van der Waals surface area contributed by atoms with Crippen LogP contribution >= 0.6 is 0 Å². The van der Waals surface area contributed by atoms with Crippen LogP contribution in [-0.4, -0.2) is 43.9 Å². The zero-order valence-electron chi connectivity index (χ0n) is 13.4. The lowest BCUT2D eigenvalue weighted by Crippen LogP contribution is -2.45. The van der Waals surface area contributed by atoms with Crippen LogP contribution in [0.25, 0.3) is 0 Å². The van der Waals surface area contributed by atoms with Crippen LogP contribution in [0.3, 0.4) is 0 Å². The van der Waals surface area contributed by atoms with Crippen molar-refractivity contribution in [3.8, 4) is 0 Å². The molecule has 2 saturated carbocycles. The van der Waals surface area contributed by atoms with Gasteiger partial charge < -0.3 is 9.22 Å². The van der Waals surface area contributed by atoms with Crippen molar-refractivity contribution in [2.24, 2.45) is 16.7 Å². The molecule has 19 heavy (non-hydrogen) atoms. The maximum absolute atomic E-state index is 6.39. The van der Waals surface area contributed by atoms with E-state index >= 15 is 0 Å². The Morgan fingerprint density at radius 1 is 1.16 bits per heavy atom. The Kier molecular flexibility index (Phi) is 3.26. The molecule has 2 heteroatoms. The largest absolute Gasteiger partial charge is 0.372 e. The van der Waals surface area contributed by atoms with Crippen LogP contribution < -0.4 is 0 Å². The molecule has 2 bridgehead atoms. The lowest BCUT2D eigenvalue weighted by Gasteiger charge is -2.39. The monoisotopic (exact) mass is 266 g/mol. The summed E-state index contributed by atoms with van der Waals surface area (Å²) in [7, 11) is 2.41. The van der Waals surface area contributed by atoms with Crippen LogP contribution in [0.2, 0.25) is 0 Å². The third-order valence-corrected chi connectivity index (χ3v) is 7.31. The minimum Gasteiger partial charge on any atom is -0.372 e. The van der Waals surface area contributed by atoms with Crippen molar-refractivity contribution >= 4 is 0 Å². The highest BCUT2D eigenvalue weighted by Crippen LogP contribution is 2.66. The Balaban J connectivity index is 1.55. The Morgan fingerprint density at radius 3 is 2.37 bits per heavy atom. The molecule has 0 aromatic carbocycles. The Morgan fingerprint density at radius 2 is 1.84 bits per heavy atom. The molecule has 3 rings (SSSR count). The molecule has 1 saturated heterocycles. The zero-order chi connectivity index (χ0) is 13.7. The Labute approximate surface area is 119 Å². The number of likely N-dealkylation sites (tertiary alicyclic amines) is 1. The summed E-state index contributed by atoms with van der Waals surface area (Å²) >= 11 is 0. The van der Waals surface area contributed by atoms with Gasteiger partial charge in [0.25, 0.3) is 0 Å². The van der Waals surface area contributed by atoms with Gasteiger partial charge in [-0.2, -0.15) is 0 Å². The molecule has 3 aliphatic rings. The van der Waals surface area contributed by atoms with E-state index in [9.17, 15) is 0 Å². The van der Waals surface area contributed by atoms with Gasteiger partial charge in [-0.05, 0) is 36.0 Å². The molecule has 0 radical (unpaired) electrons. The second-order valence-corrected chi connectivity index (χ2v) is 8.47. The van der Waals surface area contributed by atoms with Crippen LogP contribution in [0.1, 0.15) is 52.9 Å². The SMILES string of the molecule is CC1(C)[C@H]2CC[C@@]1(C)[C@@H](OCC[N+]1(C)CCCC1)C2. The quantitative estimate of drug-likeness (QED) is 0.708. The second kappa shape index (κ2) is 4.46. The van der Waals surface area contributed by atoms with E-state index in [2.05, 4.69) is 27.8 Å². The smallest absolute Gasteiger partial charge is 0.102 e. The number of ether oxygens (including phenoxy) is 1. The summed E-state index contributed by atoms with van der Waals surface area (Å²) in [5.74, 6) is 0.902. The summed E-state index contributed by atoms with van der Waals surface area (Å²) < 4.78 is 7.63. The molecule has 0 spiro atoms. The van der Waals surface area contributed by atoms with Gasteiger partial charge in [0.1, 0.15) is 6.54 Å². The number of rotatable bonds is 4. The zero-order valence-corrected chi connectivity index (χ0v) is 13.4. The van der Waals surface area contributed by atoms with Crippen molar-refractivity contribution < 1.29 is 9.22 Å². The van der Waals surface area contributed by atoms with Gasteiger partial charge in [0, 0.05) is 12.8 Å². The fourth-order valence-electron chi connectivity index (χ4n) is 5.12. The summed E-state index contributed by atoms with van der Waals surface area (Å²) in [5.41, 5.74) is 0.922. The minimum absolute atomic E-state index is 0.432. The Hall–Kier alpha value is -0.0800. The van der Waals surface area contributed by atoms with Gasteiger partial charge in [-0.3, -0.25) is 0 Å². The van der Waals surface area contributed by atoms with Crippen molar-refractivity contribution in [3.05, 3.63) is 0 Å². The number of hydrogen-bond acceptors (Lipinski definition) is 1. The molecule has 1 aliphatic heterocycles. The maximum atomic E-state index is 6.39. The minimum atomic E-state index is 0.432. The summed E-state index contributed by atoms with van der Waals surface area (Å²) in [6.07, 6.45) is 7.46.